The van der Waals surface area contributed by atoms with Gasteiger partial charge in [-0.3, -0.25) is 14.5 Å². The van der Waals surface area contributed by atoms with E-state index in [1.807, 2.05) is 11.8 Å². The lowest BCUT2D eigenvalue weighted by molar-refractivity contribution is 0.0700. The van der Waals surface area contributed by atoms with Crippen LogP contribution in [-0.2, 0) is 19.4 Å². The Labute approximate surface area is 170 Å². The van der Waals surface area contributed by atoms with Crippen molar-refractivity contribution in [1.82, 2.24) is 24.9 Å². The third kappa shape index (κ3) is 3.99. The second-order valence-electron chi connectivity index (χ2n) is 8.29. The predicted octanol–water partition coefficient (Wildman–Crippen LogP) is 2.11. The molecule has 0 saturated carbocycles. The molecule has 0 radical (unpaired) electrons. The fourth-order valence-electron chi connectivity index (χ4n) is 4.20. The van der Waals surface area contributed by atoms with Crippen molar-refractivity contribution in [3.8, 4) is 0 Å². The number of carbonyl (C=O) groups is 1. The number of nitrogens with zero attached hydrogens (tertiary/aromatic N) is 4. The molecule has 4 heterocycles. The Morgan fingerprint density at radius 1 is 1.31 bits per heavy atom. The summed E-state index contributed by atoms with van der Waals surface area (Å²) in [6, 6.07) is 2.14. The average Bonchev–Trinajstić information content (AvgIpc) is 3.22. The molecule has 1 fully saturated rings. The maximum Gasteiger partial charge on any atom is 0.276 e. The first-order chi connectivity index (χ1) is 14.0. The largest absolute Gasteiger partial charge is 0.361 e. The third-order valence-electron chi connectivity index (χ3n) is 6.14. The first-order valence-electron chi connectivity index (χ1n) is 10.6. The van der Waals surface area contributed by atoms with E-state index in [0.717, 1.165) is 48.6 Å². The van der Waals surface area contributed by atoms with E-state index in [2.05, 4.69) is 28.9 Å². The van der Waals surface area contributed by atoms with E-state index in [1.165, 1.54) is 0 Å². The first-order valence-corrected chi connectivity index (χ1v) is 10.6. The Balaban J connectivity index is 1.43. The Kier molecular flexibility index (Phi) is 5.54. The van der Waals surface area contributed by atoms with Crippen LogP contribution >= 0.6 is 0 Å². The molecule has 2 aliphatic heterocycles. The van der Waals surface area contributed by atoms with Crippen molar-refractivity contribution in [3.05, 3.63) is 45.0 Å². The lowest BCUT2D eigenvalue weighted by atomic mass is 9.95. The van der Waals surface area contributed by atoms with Crippen molar-refractivity contribution in [2.75, 3.05) is 19.6 Å². The number of amides is 1. The summed E-state index contributed by atoms with van der Waals surface area (Å²) in [5.41, 5.74) is 2.10. The summed E-state index contributed by atoms with van der Waals surface area (Å²) in [4.78, 5) is 37.3. The highest BCUT2D eigenvalue weighted by Crippen LogP contribution is 2.27. The molecule has 156 valence electrons. The molecule has 0 aromatic carbocycles. The van der Waals surface area contributed by atoms with Crippen molar-refractivity contribution in [2.24, 2.45) is 0 Å². The Morgan fingerprint density at radius 3 is 2.72 bits per heavy atom. The maximum atomic E-state index is 12.7. The van der Waals surface area contributed by atoms with Crippen LogP contribution in [0.5, 0.6) is 0 Å². The van der Waals surface area contributed by atoms with Gasteiger partial charge in [0.05, 0.1) is 11.3 Å². The van der Waals surface area contributed by atoms with Crippen molar-refractivity contribution in [1.29, 1.82) is 0 Å². The van der Waals surface area contributed by atoms with Gasteiger partial charge < -0.3 is 14.4 Å². The number of piperidine rings is 1. The van der Waals surface area contributed by atoms with Crippen LogP contribution in [0.3, 0.4) is 0 Å². The van der Waals surface area contributed by atoms with Gasteiger partial charge in [-0.15, -0.1) is 0 Å². The molecular formula is C21H29N5O3. The second-order valence-corrected chi connectivity index (χ2v) is 8.29. The number of H-pyrrole nitrogens is 1. The van der Waals surface area contributed by atoms with E-state index >= 15 is 0 Å². The van der Waals surface area contributed by atoms with E-state index in [0.29, 0.717) is 37.8 Å². The summed E-state index contributed by atoms with van der Waals surface area (Å²) < 4.78 is 5.15. The van der Waals surface area contributed by atoms with Gasteiger partial charge in [0, 0.05) is 57.0 Å². The Morgan fingerprint density at radius 2 is 2.07 bits per heavy atom. The van der Waals surface area contributed by atoms with Gasteiger partial charge in [0.15, 0.2) is 5.69 Å². The van der Waals surface area contributed by atoms with Crippen LogP contribution < -0.4 is 5.56 Å². The summed E-state index contributed by atoms with van der Waals surface area (Å²) in [7, 11) is 0. The molecule has 8 nitrogen and oxygen atoms in total. The number of aromatic amines is 1. The number of likely N-dealkylation sites (tertiary alicyclic amines) is 1. The third-order valence-corrected chi connectivity index (χ3v) is 6.14. The van der Waals surface area contributed by atoms with Gasteiger partial charge in [-0.1, -0.05) is 12.1 Å². The van der Waals surface area contributed by atoms with Gasteiger partial charge in [0.1, 0.15) is 11.6 Å². The number of aryl methyl sites for hydroxylation is 1. The average molecular weight is 399 g/mol. The highest BCUT2D eigenvalue weighted by atomic mass is 16.5. The molecule has 0 atom stereocenters. The van der Waals surface area contributed by atoms with Crippen LogP contribution in [0.25, 0.3) is 0 Å². The standard InChI is InChI=1S/C21H29N5O3/c1-4-15-11-18(24-29-15)21(28)25-8-5-14(6-9-25)19-22-17-7-10-26(13(2)3)12-16(17)20(27)23-19/h11,13-14H,4-10,12H2,1-3H3,(H,22,23,27). The Bertz CT molecular complexity index is 940. The van der Waals surface area contributed by atoms with E-state index in [1.54, 1.807) is 6.07 Å². The van der Waals surface area contributed by atoms with Crippen LogP contribution in [0.4, 0.5) is 0 Å². The van der Waals surface area contributed by atoms with Crippen LogP contribution in [0.1, 0.15) is 72.9 Å². The molecule has 0 spiro atoms. The molecule has 2 aromatic heterocycles. The molecule has 0 bridgehead atoms. The van der Waals surface area contributed by atoms with E-state index < -0.39 is 0 Å². The van der Waals surface area contributed by atoms with Gasteiger partial charge in [0.2, 0.25) is 0 Å². The summed E-state index contributed by atoms with van der Waals surface area (Å²) in [6.07, 6.45) is 3.09. The summed E-state index contributed by atoms with van der Waals surface area (Å²) >= 11 is 0. The topological polar surface area (TPSA) is 95.3 Å². The van der Waals surface area contributed by atoms with Gasteiger partial charge in [0.25, 0.3) is 11.5 Å². The minimum absolute atomic E-state index is 0.0106. The lowest BCUT2D eigenvalue weighted by Crippen LogP contribution is -2.41. The van der Waals surface area contributed by atoms with Crippen LogP contribution in [0.2, 0.25) is 0 Å². The molecule has 1 N–H and O–H groups in total. The van der Waals surface area contributed by atoms with Crippen molar-refractivity contribution >= 4 is 5.91 Å². The van der Waals surface area contributed by atoms with Gasteiger partial charge in [-0.05, 0) is 26.7 Å². The molecule has 2 aliphatic rings. The van der Waals surface area contributed by atoms with Gasteiger partial charge in [-0.25, -0.2) is 4.98 Å². The zero-order valence-electron chi connectivity index (χ0n) is 17.4. The normalized spacial score (nSPS) is 18.3. The predicted molar refractivity (Wildman–Crippen MR) is 108 cm³/mol. The minimum Gasteiger partial charge on any atom is -0.361 e. The summed E-state index contributed by atoms with van der Waals surface area (Å²) in [5, 5.41) is 3.89. The molecule has 8 heteroatoms. The monoisotopic (exact) mass is 399 g/mol. The molecule has 4 rings (SSSR count). The fraction of sp³-hybridized carbons (Fsp3) is 0.619. The number of carbonyl (C=O) groups excluding carboxylic acids is 1. The molecule has 29 heavy (non-hydrogen) atoms. The van der Waals surface area contributed by atoms with E-state index in [4.69, 9.17) is 9.51 Å². The quantitative estimate of drug-likeness (QED) is 0.846. The highest BCUT2D eigenvalue weighted by Gasteiger charge is 2.29. The van der Waals surface area contributed by atoms with Crippen molar-refractivity contribution in [3.63, 3.8) is 0 Å². The molecule has 1 saturated heterocycles. The highest BCUT2D eigenvalue weighted by molar-refractivity contribution is 5.92. The maximum absolute atomic E-state index is 12.7. The molecular weight excluding hydrogens is 370 g/mol. The van der Waals surface area contributed by atoms with E-state index in [-0.39, 0.29) is 17.4 Å². The first kappa shape index (κ1) is 19.8. The molecule has 0 aliphatic carbocycles. The number of rotatable bonds is 4. The van der Waals surface area contributed by atoms with Crippen LogP contribution in [0, 0.1) is 0 Å². The van der Waals surface area contributed by atoms with Crippen LogP contribution in [-0.4, -0.2) is 56.5 Å². The number of hydrogen-bond acceptors (Lipinski definition) is 6. The molecule has 1 amide bonds. The smallest absolute Gasteiger partial charge is 0.276 e. The number of nitrogens with one attached hydrogen (secondary N) is 1. The zero-order valence-corrected chi connectivity index (χ0v) is 17.4. The molecule has 0 unspecified atom stereocenters. The van der Waals surface area contributed by atoms with Crippen LogP contribution in [0.15, 0.2) is 15.4 Å². The van der Waals surface area contributed by atoms with E-state index in [9.17, 15) is 9.59 Å². The Hall–Kier alpha value is -2.48. The number of hydrogen-bond donors (Lipinski definition) is 1. The SMILES string of the molecule is CCc1cc(C(=O)N2CCC(c3nc4c(c(=O)[nH]3)CN(C(C)C)CC4)CC2)no1. The summed E-state index contributed by atoms with van der Waals surface area (Å²) in [5.74, 6) is 1.57. The zero-order chi connectivity index (χ0) is 20.5. The van der Waals surface area contributed by atoms with Gasteiger partial charge >= 0.3 is 0 Å². The number of fused-ring (bicyclic) bond motifs is 1. The fourth-order valence-corrected chi connectivity index (χ4v) is 4.20. The lowest BCUT2D eigenvalue weighted by Gasteiger charge is -2.33. The van der Waals surface area contributed by atoms with Crippen molar-refractivity contribution < 1.29 is 9.32 Å². The van der Waals surface area contributed by atoms with Gasteiger partial charge in [-0.2, -0.15) is 0 Å². The molecule has 2 aromatic rings. The minimum atomic E-state index is -0.0902. The summed E-state index contributed by atoms with van der Waals surface area (Å²) in [6.45, 7) is 9.12. The second kappa shape index (κ2) is 8.10. The number of aromatic nitrogens is 3. The van der Waals surface area contributed by atoms with Crippen molar-refractivity contribution in [2.45, 2.75) is 65.0 Å².